The number of aromatic amines is 1. The fourth-order valence-corrected chi connectivity index (χ4v) is 2.67. The lowest BCUT2D eigenvalue weighted by Gasteiger charge is -2.14. The van der Waals surface area contributed by atoms with E-state index in [0.717, 1.165) is 16.5 Å². The molecule has 0 saturated carbocycles. The average molecular weight is 383 g/mol. The molecule has 2 aromatic carbocycles. The number of H-pyrrole nitrogens is 1. The molecule has 0 fully saturated rings. The van der Waals surface area contributed by atoms with Crippen molar-refractivity contribution < 1.29 is 23.8 Å². The minimum atomic E-state index is -0.940. The second-order valence-corrected chi connectivity index (χ2v) is 6.13. The Kier molecular flexibility index (Phi) is 5.78. The molecule has 1 aromatic heterocycles. The first-order valence-corrected chi connectivity index (χ1v) is 8.64. The highest BCUT2D eigenvalue weighted by molar-refractivity contribution is 5.95. The number of nitrogens with one attached hydrogen (secondary N) is 2. The zero-order valence-corrected chi connectivity index (χ0v) is 15.8. The third-order valence-electron chi connectivity index (χ3n) is 4.25. The summed E-state index contributed by atoms with van der Waals surface area (Å²) in [6.07, 6.45) is 0.722. The monoisotopic (exact) mass is 383 g/mol. The Morgan fingerprint density at radius 2 is 1.89 bits per heavy atom. The number of fused-ring (bicyclic) bond motifs is 1. The molecule has 1 atom stereocenters. The summed E-state index contributed by atoms with van der Waals surface area (Å²) in [4.78, 5) is 24.6. The van der Waals surface area contributed by atoms with Gasteiger partial charge in [0, 0.05) is 11.9 Å². The van der Waals surface area contributed by atoms with Gasteiger partial charge >= 0.3 is 5.97 Å². The summed E-state index contributed by atoms with van der Waals surface area (Å²) in [6, 6.07) is 10.4. The quantitative estimate of drug-likeness (QED) is 0.608. The summed E-state index contributed by atoms with van der Waals surface area (Å²) in [6.45, 7) is 1.79. The molecule has 3 aromatic rings. The van der Waals surface area contributed by atoms with E-state index in [1.165, 1.54) is 6.92 Å². The summed E-state index contributed by atoms with van der Waals surface area (Å²) in [5, 5.41) is 10.3. The Balaban J connectivity index is 1.57. The fraction of sp³-hybridized carbons (Fsp3) is 0.250. The van der Waals surface area contributed by atoms with Crippen molar-refractivity contribution in [3.63, 3.8) is 0 Å². The molecule has 0 aliphatic carbocycles. The Bertz CT molecular complexity index is 998. The van der Waals surface area contributed by atoms with Crippen molar-refractivity contribution in [1.29, 1.82) is 0 Å². The van der Waals surface area contributed by atoms with Gasteiger partial charge in [0.1, 0.15) is 0 Å². The van der Waals surface area contributed by atoms with Crippen LogP contribution in [-0.2, 0) is 16.1 Å². The molecule has 28 heavy (non-hydrogen) atoms. The minimum absolute atomic E-state index is 0.265. The van der Waals surface area contributed by atoms with Gasteiger partial charge in [0.15, 0.2) is 17.6 Å². The van der Waals surface area contributed by atoms with Gasteiger partial charge in [0.25, 0.3) is 5.91 Å². The molecule has 2 N–H and O–H groups in total. The van der Waals surface area contributed by atoms with E-state index in [-0.39, 0.29) is 6.54 Å². The Morgan fingerprint density at radius 1 is 1.11 bits per heavy atom. The Labute approximate surface area is 161 Å². The number of hydrogen-bond donors (Lipinski definition) is 2. The lowest BCUT2D eigenvalue weighted by atomic mass is 10.1. The van der Waals surface area contributed by atoms with Crippen molar-refractivity contribution in [3.05, 3.63) is 53.7 Å². The molecule has 146 valence electrons. The number of carbonyl (C=O) groups excluding carboxylic acids is 2. The van der Waals surface area contributed by atoms with Crippen LogP contribution in [0.1, 0.15) is 22.8 Å². The molecule has 0 radical (unpaired) electrons. The lowest BCUT2D eigenvalue weighted by molar-refractivity contribution is -0.129. The van der Waals surface area contributed by atoms with Crippen molar-refractivity contribution in [2.45, 2.75) is 19.6 Å². The summed E-state index contributed by atoms with van der Waals surface area (Å²) in [5.41, 5.74) is 1.89. The zero-order chi connectivity index (χ0) is 20.1. The fourth-order valence-electron chi connectivity index (χ4n) is 2.67. The van der Waals surface area contributed by atoms with Gasteiger partial charge in [-0.2, -0.15) is 5.10 Å². The third kappa shape index (κ3) is 4.22. The molecular weight excluding hydrogens is 362 g/mol. The number of esters is 1. The first-order valence-electron chi connectivity index (χ1n) is 8.64. The van der Waals surface area contributed by atoms with Crippen LogP contribution in [-0.4, -0.2) is 42.4 Å². The molecule has 0 bridgehead atoms. The van der Waals surface area contributed by atoms with E-state index in [1.54, 1.807) is 50.7 Å². The van der Waals surface area contributed by atoms with Crippen LogP contribution in [0, 0.1) is 0 Å². The van der Waals surface area contributed by atoms with Crippen LogP contribution in [0.3, 0.4) is 0 Å². The van der Waals surface area contributed by atoms with Crippen LogP contribution >= 0.6 is 0 Å². The highest BCUT2D eigenvalue weighted by atomic mass is 16.5. The predicted molar refractivity (Wildman–Crippen MR) is 102 cm³/mol. The molecule has 0 aliphatic heterocycles. The van der Waals surface area contributed by atoms with Crippen LogP contribution in [0.15, 0.2) is 42.6 Å². The lowest BCUT2D eigenvalue weighted by Crippen LogP contribution is -2.35. The molecule has 1 heterocycles. The highest BCUT2D eigenvalue weighted by Crippen LogP contribution is 2.27. The second kappa shape index (κ2) is 8.43. The number of carbonyl (C=O) groups is 2. The van der Waals surface area contributed by atoms with Crippen LogP contribution in [0.25, 0.3) is 10.9 Å². The van der Waals surface area contributed by atoms with Gasteiger partial charge < -0.3 is 19.5 Å². The first-order chi connectivity index (χ1) is 13.5. The number of methoxy groups -OCH3 is 2. The normalized spacial score (nSPS) is 11.7. The van der Waals surface area contributed by atoms with Gasteiger partial charge in [0.2, 0.25) is 0 Å². The SMILES string of the molecule is COc1ccc(CNC(=O)[C@@H](C)OC(=O)c2ccc3cn[nH]c3c2)cc1OC. The Morgan fingerprint density at radius 3 is 2.64 bits per heavy atom. The van der Waals surface area contributed by atoms with Crippen LogP contribution in [0.5, 0.6) is 11.5 Å². The summed E-state index contributed by atoms with van der Waals surface area (Å²) < 4.78 is 15.7. The van der Waals surface area contributed by atoms with E-state index in [1.807, 2.05) is 6.07 Å². The number of nitrogens with zero attached hydrogens (tertiary/aromatic N) is 1. The maximum atomic E-state index is 12.3. The van der Waals surface area contributed by atoms with Gasteiger partial charge in [-0.15, -0.1) is 0 Å². The van der Waals surface area contributed by atoms with E-state index < -0.39 is 18.0 Å². The summed E-state index contributed by atoms with van der Waals surface area (Å²) in [5.74, 6) is 0.202. The van der Waals surface area contributed by atoms with Crippen molar-refractivity contribution >= 4 is 22.8 Å². The Hall–Kier alpha value is -3.55. The van der Waals surface area contributed by atoms with Crippen LogP contribution < -0.4 is 14.8 Å². The van der Waals surface area contributed by atoms with Gasteiger partial charge in [-0.25, -0.2) is 4.79 Å². The molecule has 0 aliphatic rings. The van der Waals surface area contributed by atoms with Crippen LogP contribution in [0.2, 0.25) is 0 Å². The van der Waals surface area contributed by atoms with Crippen molar-refractivity contribution in [2.75, 3.05) is 14.2 Å². The van der Waals surface area contributed by atoms with E-state index in [9.17, 15) is 9.59 Å². The van der Waals surface area contributed by atoms with Gasteiger partial charge in [0.05, 0.1) is 31.5 Å². The van der Waals surface area contributed by atoms with Crippen molar-refractivity contribution in [1.82, 2.24) is 15.5 Å². The number of aromatic nitrogens is 2. The number of amides is 1. The maximum absolute atomic E-state index is 12.3. The molecule has 3 rings (SSSR count). The number of rotatable bonds is 7. The first kappa shape index (κ1) is 19.2. The topological polar surface area (TPSA) is 103 Å². The average Bonchev–Trinajstić information content (AvgIpc) is 3.19. The standard InChI is InChI=1S/C20H21N3O5/c1-12(28-20(25)14-5-6-15-11-22-23-16(15)9-14)19(24)21-10-13-4-7-17(26-2)18(8-13)27-3/h4-9,11-12H,10H2,1-3H3,(H,21,24)(H,22,23)/t12-/m1/s1. The molecule has 0 spiro atoms. The number of hydrogen-bond acceptors (Lipinski definition) is 6. The third-order valence-corrected chi connectivity index (χ3v) is 4.25. The predicted octanol–water partition coefficient (Wildman–Crippen LogP) is 2.44. The van der Waals surface area contributed by atoms with Crippen molar-refractivity contribution in [3.8, 4) is 11.5 Å². The number of benzene rings is 2. The van der Waals surface area contributed by atoms with Gasteiger partial charge in [-0.3, -0.25) is 9.89 Å². The van der Waals surface area contributed by atoms with E-state index in [0.29, 0.717) is 17.1 Å². The molecule has 1 amide bonds. The molecule has 0 unspecified atom stereocenters. The van der Waals surface area contributed by atoms with Gasteiger partial charge in [-0.1, -0.05) is 12.1 Å². The summed E-state index contributed by atoms with van der Waals surface area (Å²) in [7, 11) is 3.10. The second-order valence-electron chi connectivity index (χ2n) is 6.13. The molecule has 8 nitrogen and oxygen atoms in total. The maximum Gasteiger partial charge on any atom is 0.338 e. The molecular formula is C20H21N3O5. The van der Waals surface area contributed by atoms with Crippen LogP contribution in [0.4, 0.5) is 0 Å². The van der Waals surface area contributed by atoms with E-state index in [2.05, 4.69) is 15.5 Å². The zero-order valence-electron chi connectivity index (χ0n) is 15.8. The largest absolute Gasteiger partial charge is 0.493 e. The van der Waals surface area contributed by atoms with E-state index >= 15 is 0 Å². The van der Waals surface area contributed by atoms with Crippen molar-refractivity contribution in [2.24, 2.45) is 0 Å². The smallest absolute Gasteiger partial charge is 0.338 e. The minimum Gasteiger partial charge on any atom is -0.493 e. The van der Waals surface area contributed by atoms with Gasteiger partial charge in [-0.05, 0) is 36.8 Å². The van der Waals surface area contributed by atoms with E-state index in [4.69, 9.17) is 14.2 Å². The highest BCUT2D eigenvalue weighted by Gasteiger charge is 2.19. The summed E-state index contributed by atoms with van der Waals surface area (Å²) >= 11 is 0. The molecule has 8 heteroatoms. The number of ether oxygens (including phenoxy) is 3. The molecule has 0 saturated heterocycles.